The molecule has 0 bridgehead atoms. The minimum atomic E-state index is -5.16. The normalized spacial score (nSPS) is 30.9. The standard InChI is InChI=1S/C35H44N10O14P2/c1-17(2)10-36-34-42-29-25(31(47)43-34)38-15-45(29)33-23(41-35(48)53-11-20-8-6-5-7-9-20)27-22(58-33)12-55-60(49,50)16-54-26-18(3)32(57-21(26)13-56-61(51,52)59-27)44-14-37-24-28(44)39-19(4)40-30(24)46/h5-9,14-15,17-18,21-23,26-27,32-33H,10-13,16H2,1-4H3,(H,41,48)(H,49,50)(H,51,52)(H,39,40,46)(H2,36,42,43,47)/t18-,21-,22-,23-,26?,27?,32-,33?/m1/s1. The zero-order valence-electron chi connectivity index (χ0n) is 33.1. The minimum absolute atomic E-state index is 0.00224. The molecule has 61 heavy (non-hydrogen) atoms. The number of nitrogens with zero attached hydrogens (tertiary/aromatic N) is 6. The number of carbonyl (C=O) groups is 1. The molecule has 0 aliphatic carbocycles. The fraction of sp³-hybridized carbons (Fsp3) is 0.514. The smallest absolute Gasteiger partial charge is 0.445 e. The Kier molecular flexibility index (Phi) is 12.0. The maximum atomic E-state index is 13.9. The van der Waals surface area contributed by atoms with E-state index in [1.54, 1.807) is 44.2 Å². The van der Waals surface area contributed by atoms with Gasteiger partial charge in [-0.3, -0.25) is 37.3 Å². The highest BCUT2D eigenvalue weighted by Crippen LogP contribution is 2.52. The number of ether oxygens (including phenoxy) is 4. The molecule has 10 atom stereocenters. The Labute approximate surface area is 345 Å². The summed E-state index contributed by atoms with van der Waals surface area (Å²) in [5.41, 5.74) is -0.289. The maximum Gasteiger partial charge on any atom is 0.472 e. The van der Waals surface area contributed by atoms with Crippen LogP contribution in [0.5, 0.6) is 0 Å². The van der Waals surface area contributed by atoms with Gasteiger partial charge in [-0.25, -0.2) is 24.3 Å². The Bertz CT molecular complexity index is 2620. The summed E-state index contributed by atoms with van der Waals surface area (Å²) in [5, 5.41) is 5.68. The van der Waals surface area contributed by atoms with Crippen molar-refractivity contribution in [3.8, 4) is 0 Å². The molecule has 1 aromatic carbocycles. The first-order chi connectivity index (χ1) is 29.1. The zero-order valence-corrected chi connectivity index (χ0v) is 34.9. The van der Waals surface area contributed by atoms with Crippen LogP contribution in [-0.4, -0.2) is 111 Å². The van der Waals surface area contributed by atoms with E-state index >= 15 is 0 Å². The van der Waals surface area contributed by atoms with Crippen LogP contribution < -0.4 is 21.8 Å². The minimum Gasteiger partial charge on any atom is -0.445 e. The number of aromatic amines is 2. The van der Waals surface area contributed by atoms with E-state index < -0.39 is 101 Å². The van der Waals surface area contributed by atoms with Crippen LogP contribution in [-0.2, 0) is 48.3 Å². The van der Waals surface area contributed by atoms with Gasteiger partial charge in [-0.05, 0) is 18.4 Å². The molecule has 5 unspecified atom stereocenters. The van der Waals surface area contributed by atoms with Crippen LogP contribution in [0.15, 0.2) is 52.6 Å². The molecule has 3 saturated heterocycles. The summed E-state index contributed by atoms with van der Waals surface area (Å²) in [6.07, 6.45) is -6.92. The Hall–Kier alpha value is -4.87. The van der Waals surface area contributed by atoms with E-state index in [0.29, 0.717) is 17.9 Å². The number of benzene rings is 1. The number of hydrogen-bond acceptors (Lipinski definition) is 17. The Balaban J connectivity index is 1.11. The van der Waals surface area contributed by atoms with Crippen LogP contribution >= 0.6 is 15.4 Å². The highest BCUT2D eigenvalue weighted by molar-refractivity contribution is 7.52. The van der Waals surface area contributed by atoms with Crippen molar-refractivity contribution < 1.29 is 56.2 Å². The number of nitrogens with one attached hydrogen (secondary N) is 4. The molecule has 0 spiro atoms. The third kappa shape index (κ3) is 9.19. The van der Waals surface area contributed by atoms with E-state index in [-0.39, 0.29) is 40.8 Å². The first kappa shape index (κ1) is 42.8. The lowest BCUT2D eigenvalue weighted by atomic mass is 10.0. The first-order valence-corrected chi connectivity index (χ1v) is 22.5. The summed E-state index contributed by atoms with van der Waals surface area (Å²) in [5.74, 6) is -0.0291. The molecule has 6 N–H and O–H groups in total. The largest absolute Gasteiger partial charge is 0.472 e. The second-order valence-electron chi connectivity index (χ2n) is 15.2. The molecule has 4 aromatic heterocycles. The van der Waals surface area contributed by atoms with Gasteiger partial charge < -0.3 is 48.9 Å². The highest BCUT2D eigenvalue weighted by atomic mass is 31.2. The van der Waals surface area contributed by atoms with Crippen LogP contribution in [0.2, 0.25) is 0 Å². The molecule has 8 rings (SSSR count). The number of amides is 1. The molecule has 1 amide bonds. The van der Waals surface area contributed by atoms with E-state index in [2.05, 4.69) is 40.5 Å². The Morgan fingerprint density at radius 2 is 1.57 bits per heavy atom. The lowest BCUT2D eigenvalue weighted by molar-refractivity contribution is -0.0576. The number of H-pyrrole nitrogens is 2. The molecular formula is C35H44N10O14P2. The quantitative estimate of drug-likeness (QED) is 0.122. The molecule has 3 aliphatic heterocycles. The lowest BCUT2D eigenvalue weighted by Gasteiger charge is -2.27. The number of imidazole rings is 2. The summed E-state index contributed by atoms with van der Waals surface area (Å²) < 4.78 is 71.1. The topological polar surface area (TPSA) is 307 Å². The lowest BCUT2D eigenvalue weighted by Crippen LogP contribution is -2.48. The number of aromatic nitrogens is 8. The fourth-order valence-corrected chi connectivity index (χ4v) is 9.15. The first-order valence-electron chi connectivity index (χ1n) is 19.2. The summed E-state index contributed by atoms with van der Waals surface area (Å²) in [7, 11) is -9.80. The molecule has 7 heterocycles. The SMILES string of the molecule is Cc1nc2c(ncn2[C@@H]2O[C@@H]3COP(=O)(O)OC4[C@@H](NC(=O)OCc5ccccc5)C(n5cnc6c(=O)[nH]c(NCC(C)C)nc65)O[C@@H]4COP(=O)(O)COC3[C@H]2C)c(=O)[nH]1. The van der Waals surface area contributed by atoms with Crippen molar-refractivity contribution >= 4 is 49.8 Å². The predicted octanol–water partition coefficient (Wildman–Crippen LogP) is 2.42. The summed E-state index contributed by atoms with van der Waals surface area (Å²) in [6, 6.07) is 7.34. The molecule has 26 heteroatoms. The number of aryl methyl sites for hydroxylation is 1. The molecule has 0 radical (unpaired) electrons. The van der Waals surface area contributed by atoms with Crippen LogP contribution in [0.1, 0.15) is 44.6 Å². The average Bonchev–Trinajstić information content (AvgIpc) is 3.98. The van der Waals surface area contributed by atoms with Gasteiger partial charge >= 0.3 is 21.5 Å². The Morgan fingerprint density at radius 1 is 0.934 bits per heavy atom. The van der Waals surface area contributed by atoms with E-state index in [9.17, 15) is 33.3 Å². The van der Waals surface area contributed by atoms with Gasteiger partial charge in [0.25, 0.3) is 11.1 Å². The van der Waals surface area contributed by atoms with E-state index in [1.165, 1.54) is 21.8 Å². The van der Waals surface area contributed by atoms with Gasteiger partial charge in [-0.15, -0.1) is 0 Å². The highest BCUT2D eigenvalue weighted by Gasteiger charge is 2.53. The maximum absolute atomic E-state index is 13.9. The van der Waals surface area contributed by atoms with Gasteiger partial charge in [0.05, 0.1) is 32.0 Å². The second kappa shape index (κ2) is 17.1. The van der Waals surface area contributed by atoms with Gasteiger partial charge in [-0.2, -0.15) is 4.98 Å². The predicted molar refractivity (Wildman–Crippen MR) is 211 cm³/mol. The van der Waals surface area contributed by atoms with Crippen LogP contribution in [0, 0.1) is 18.8 Å². The van der Waals surface area contributed by atoms with Gasteiger partial charge in [0, 0.05) is 12.5 Å². The number of phosphoric ester groups is 1. The third-order valence-electron chi connectivity index (χ3n) is 10.2. The third-order valence-corrected chi connectivity index (χ3v) is 12.2. The number of anilines is 1. The van der Waals surface area contributed by atoms with Gasteiger partial charge in [0.15, 0.2) is 28.6 Å². The summed E-state index contributed by atoms with van der Waals surface area (Å²) in [6.45, 7) is 6.14. The van der Waals surface area contributed by atoms with Gasteiger partial charge in [-0.1, -0.05) is 51.1 Å². The molecule has 0 saturated carbocycles. The number of fused-ring (bicyclic) bond motifs is 4. The van der Waals surface area contributed by atoms with E-state index in [4.69, 9.17) is 32.5 Å². The Morgan fingerprint density at radius 3 is 2.30 bits per heavy atom. The number of carbonyl (C=O) groups excluding carboxylic acids is 1. The van der Waals surface area contributed by atoms with Crippen molar-refractivity contribution in [1.82, 2.24) is 44.4 Å². The monoisotopic (exact) mass is 890 g/mol. The zero-order chi connectivity index (χ0) is 43.2. The summed E-state index contributed by atoms with van der Waals surface area (Å²) >= 11 is 0. The van der Waals surface area contributed by atoms with E-state index in [0.717, 1.165) is 0 Å². The fourth-order valence-electron chi connectivity index (χ4n) is 7.37. The molecular weight excluding hydrogens is 846 g/mol. The molecule has 3 fully saturated rings. The second-order valence-corrected chi connectivity index (χ2v) is 18.4. The van der Waals surface area contributed by atoms with Gasteiger partial charge in [0.2, 0.25) is 5.95 Å². The number of phosphoric acid groups is 1. The summed E-state index contributed by atoms with van der Waals surface area (Å²) in [4.78, 5) is 84.0. The number of rotatable bonds is 8. The molecule has 5 aromatic rings. The van der Waals surface area contributed by atoms with Crippen molar-refractivity contribution in [2.45, 2.75) is 77.2 Å². The molecule has 3 aliphatic rings. The van der Waals surface area contributed by atoms with Crippen LogP contribution in [0.4, 0.5) is 10.7 Å². The molecule has 328 valence electrons. The number of hydrogen-bond donors (Lipinski definition) is 6. The van der Waals surface area contributed by atoms with Crippen LogP contribution in [0.25, 0.3) is 22.3 Å². The van der Waals surface area contributed by atoms with Crippen molar-refractivity contribution in [3.05, 3.63) is 75.1 Å². The van der Waals surface area contributed by atoms with Gasteiger partial charge in [0.1, 0.15) is 49.4 Å². The number of alkyl carbamates (subject to hydrolysis) is 1. The van der Waals surface area contributed by atoms with Crippen molar-refractivity contribution in [1.29, 1.82) is 0 Å². The molecule has 24 nitrogen and oxygen atoms in total. The average molecular weight is 891 g/mol. The van der Waals surface area contributed by atoms with Crippen molar-refractivity contribution in [2.75, 3.05) is 31.4 Å². The van der Waals surface area contributed by atoms with E-state index in [1.807, 2.05) is 13.8 Å². The van der Waals surface area contributed by atoms with Crippen molar-refractivity contribution in [2.24, 2.45) is 11.8 Å². The van der Waals surface area contributed by atoms with Crippen LogP contribution in [0.3, 0.4) is 0 Å². The van der Waals surface area contributed by atoms with Crippen molar-refractivity contribution in [3.63, 3.8) is 0 Å².